The first-order valence-electron chi connectivity index (χ1n) is 10.8. The van der Waals surface area contributed by atoms with E-state index < -0.39 is 11.6 Å². The first kappa shape index (κ1) is 21.1. The normalized spacial score (nSPS) is 16.6. The van der Waals surface area contributed by atoms with Crippen LogP contribution in [0.2, 0.25) is 0 Å². The zero-order valence-corrected chi connectivity index (χ0v) is 18.2. The number of benzene rings is 2. The van der Waals surface area contributed by atoms with Crippen LogP contribution < -0.4 is 10.3 Å². The SMILES string of the molecule is CN1CCN(c2nc(-c3cccc(CN4C=CC=C(c5cc(F)cc(F)c5)N4)c3)no2)CC1. The van der Waals surface area contributed by atoms with E-state index in [2.05, 4.69) is 32.4 Å². The van der Waals surface area contributed by atoms with Crippen LogP contribution in [0.3, 0.4) is 0 Å². The van der Waals surface area contributed by atoms with Crippen molar-refractivity contribution < 1.29 is 13.3 Å². The molecule has 0 amide bonds. The summed E-state index contributed by atoms with van der Waals surface area (Å²) in [4.78, 5) is 8.96. The van der Waals surface area contributed by atoms with Gasteiger partial charge < -0.3 is 14.3 Å². The number of allylic oxidation sites excluding steroid dienone is 2. The molecule has 2 aliphatic rings. The van der Waals surface area contributed by atoms with Crippen LogP contribution in [0.5, 0.6) is 0 Å². The van der Waals surface area contributed by atoms with E-state index in [1.165, 1.54) is 12.1 Å². The standard InChI is InChI=1S/C24H24F2N6O/c1-30-8-10-31(11-9-30)24-27-23(29-33-24)18-5-2-4-17(12-18)16-32-7-3-6-22(28-32)19-13-20(25)15-21(26)14-19/h2-7,12-15,28H,8-11,16H2,1H3. The average molecular weight is 450 g/mol. The molecule has 0 bridgehead atoms. The lowest BCUT2D eigenvalue weighted by Crippen LogP contribution is -2.44. The predicted octanol–water partition coefficient (Wildman–Crippen LogP) is 3.64. The summed E-state index contributed by atoms with van der Waals surface area (Å²) < 4.78 is 32.7. The summed E-state index contributed by atoms with van der Waals surface area (Å²) >= 11 is 0. The third-order valence-electron chi connectivity index (χ3n) is 5.69. The molecule has 2 aromatic carbocycles. The molecular formula is C24H24F2N6O. The number of piperazine rings is 1. The second-order valence-corrected chi connectivity index (χ2v) is 8.21. The number of hydrogen-bond acceptors (Lipinski definition) is 7. The fourth-order valence-electron chi connectivity index (χ4n) is 3.90. The molecule has 0 aliphatic carbocycles. The number of nitrogens with zero attached hydrogens (tertiary/aromatic N) is 5. The second-order valence-electron chi connectivity index (χ2n) is 8.21. The maximum atomic E-state index is 13.6. The van der Waals surface area contributed by atoms with E-state index in [0.717, 1.165) is 43.4 Å². The Balaban J connectivity index is 1.27. The summed E-state index contributed by atoms with van der Waals surface area (Å²) in [6, 6.07) is 11.9. The number of hydrogen-bond donors (Lipinski definition) is 1. The van der Waals surface area contributed by atoms with Crippen molar-refractivity contribution in [2.24, 2.45) is 0 Å². The summed E-state index contributed by atoms with van der Waals surface area (Å²) in [5.41, 5.74) is 6.13. The smallest absolute Gasteiger partial charge is 0.322 e. The van der Waals surface area contributed by atoms with Crippen LogP contribution in [-0.4, -0.2) is 53.3 Å². The number of nitrogens with one attached hydrogen (secondary N) is 1. The molecule has 0 unspecified atom stereocenters. The van der Waals surface area contributed by atoms with E-state index in [9.17, 15) is 8.78 Å². The van der Waals surface area contributed by atoms with Gasteiger partial charge in [-0.05, 0) is 43.0 Å². The molecule has 7 nitrogen and oxygen atoms in total. The van der Waals surface area contributed by atoms with Crippen LogP contribution in [0.15, 0.2) is 65.3 Å². The van der Waals surface area contributed by atoms with Crippen molar-refractivity contribution in [3.63, 3.8) is 0 Å². The number of anilines is 1. The number of halogens is 2. The van der Waals surface area contributed by atoms with Gasteiger partial charge in [0.25, 0.3) is 0 Å². The third-order valence-corrected chi connectivity index (χ3v) is 5.69. The lowest BCUT2D eigenvalue weighted by atomic mass is 10.1. The van der Waals surface area contributed by atoms with Gasteiger partial charge in [0.05, 0.1) is 12.2 Å². The van der Waals surface area contributed by atoms with E-state index >= 15 is 0 Å². The Labute approximate surface area is 190 Å². The van der Waals surface area contributed by atoms with Gasteiger partial charge in [-0.2, -0.15) is 4.98 Å². The van der Waals surface area contributed by atoms with Crippen LogP contribution in [0.1, 0.15) is 11.1 Å². The van der Waals surface area contributed by atoms with E-state index in [-0.39, 0.29) is 0 Å². The monoisotopic (exact) mass is 450 g/mol. The molecule has 1 N–H and O–H groups in total. The summed E-state index contributed by atoms with van der Waals surface area (Å²) in [5, 5.41) is 6.02. The predicted molar refractivity (Wildman–Crippen MR) is 122 cm³/mol. The van der Waals surface area contributed by atoms with Crippen molar-refractivity contribution in [3.05, 3.63) is 83.6 Å². The topological polar surface area (TPSA) is 60.7 Å². The largest absolute Gasteiger partial charge is 0.324 e. The molecule has 1 fully saturated rings. The van der Waals surface area contributed by atoms with Gasteiger partial charge in [-0.3, -0.25) is 10.4 Å². The van der Waals surface area contributed by atoms with Gasteiger partial charge in [0.1, 0.15) is 11.6 Å². The van der Waals surface area contributed by atoms with Gasteiger partial charge in [-0.15, -0.1) is 0 Å². The number of hydrazine groups is 1. The Morgan fingerprint density at radius 1 is 1.00 bits per heavy atom. The van der Waals surface area contributed by atoms with Crippen molar-refractivity contribution >= 4 is 11.7 Å². The third kappa shape index (κ3) is 4.88. The minimum Gasteiger partial charge on any atom is -0.322 e. The molecule has 1 saturated heterocycles. The fourth-order valence-corrected chi connectivity index (χ4v) is 3.90. The molecule has 1 aromatic heterocycles. The molecular weight excluding hydrogens is 426 g/mol. The Morgan fingerprint density at radius 3 is 2.58 bits per heavy atom. The van der Waals surface area contributed by atoms with Crippen LogP contribution in [0, 0.1) is 11.6 Å². The maximum absolute atomic E-state index is 13.6. The minimum absolute atomic E-state index is 0.443. The highest BCUT2D eigenvalue weighted by Gasteiger charge is 2.20. The lowest BCUT2D eigenvalue weighted by Gasteiger charge is -2.30. The van der Waals surface area contributed by atoms with Gasteiger partial charge in [0.2, 0.25) is 5.82 Å². The zero-order valence-electron chi connectivity index (χ0n) is 18.2. The zero-order chi connectivity index (χ0) is 22.8. The fraction of sp³-hybridized carbons (Fsp3) is 0.250. The second kappa shape index (κ2) is 9.03. The number of aromatic nitrogens is 2. The Hall–Kier alpha value is -3.72. The van der Waals surface area contributed by atoms with Crippen LogP contribution in [0.4, 0.5) is 14.8 Å². The maximum Gasteiger partial charge on any atom is 0.324 e. The highest BCUT2D eigenvalue weighted by atomic mass is 19.1. The quantitative estimate of drug-likeness (QED) is 0.637. The Bertz CT molecular complexity index is 1180. The van der Waals surface area contributed by atoms with Crippen LogP contribution in [0.25, 0.3) is 17.1 Å². The average Bonchev–Trinajstić information content (AvgIpc) is 3.30. The molecule has 9 heteroatoms. The van der Waals surface area contributed by atoms with E-state index in [1.807, 2.05) is 41.6 Å². The Morgan fingerprint density at radius 2 is 1.79 bits per heavy atom. The summed E-state index contributed by atoms with van der Waals surface area (Å²) in [6.07, 6.45) is 5.48. The molecule has 0 atom stereocenters. The first-order valence-corrected chi connectivity index (χ1v) is 10.8. The van der Waals surface area contributed by atoms with Crippen molar-refractivity contribution in [3.8, 4) is 11.4 Å². The molecule has 0 spiro atoms. The molecule has 0 saturated carbocycles. The number of likely N-dealkylation sites (N-methyl/N-ethyl adjacent to an activating group) is 1. The van der Waals surface area contributed by atoms with Gasteiger partial charge in [-0.1, -0.05) is 23.4 Å². The van der Waals surface area contributed by atoms with E-state index in [4.69, 9.17) is 4.52 Å². The molecule has 33 heavy (non-hydrogen) atoms. The minimum atomic E-state index is -0.613. The molecule has 170 valence electrons. The van der Waals surface area contributed by atoms with Gasteiger partial charge in [0.15, 0.2) is 0 Å². The van der Waals surface area contributed by atoms with Crippen LogP contribution >= 0.6 is 0 Å². The molecule has 0 radical (unpaired) electrons. The van der Waals surface area contributed by atoms with Crippen molar-refractivity contribution in [1.29, 1.82) is 0 Å². The van der Waals surface area contributed by atoms with Gasteiger partial charge in [0, 0.05) is 49.6 Å². The summed E-state index contributed by atoms with van der Waals surface area (Å²) in [5.74, 6) is -0.682. The van der Waals surface area contributed by atoms with Crippen LogP contribution in [-0.2, 0) is 6.54 Å². The summed E-state index contributed by atoms with van der Waals surface area (Å²) in [6.45, 7) is 4.17. The highest BCUT2D eigenvalue weighted by Crippen LogP contribution is 2.23. The van der Waals surface area contributed by atoms with E-state index in [0.29, 0.717) is 29.6 Å². The first-order chi connectivity index (χ1) is 16.0. The van der Waals surface area contributed by atoms with E-state index in [1.54, 1.807) is 6.08 Å². The molecule has 3 heterocycles. The van der Waals surface area contributed by atoms with Crippen molar-refractivity contribution in [2.45, 2.75) is 6.54 Å². The van der Waals surface area contributed by atoms with Gasteiger partial charge in [-0.25, -0.2) is 8.78 Å². The highest BCUT2D eigenvalue weighted by molar-refractivity contribution is 5.66. The number of rotatable bonds is 5. The molecule has 3 aromatic rings. The molecule has 2 aliphatic heterocycles. The van der Waals surface area contributed by atoms with Crippen molar-refractivity contribution in [2.75, 3.05) is 38.1 Å². The Kier molecular flexibility index (Phi) is 5.78. The summed E-state index contributed by atoms with van der Waals surface area (Å²) in [7, 11) is 2.10. The lowest BCUT2D eigenvalue weighted by molar-refractivity contribution is 0.298. The molecule has 5 rings (SSSR count). The van der Waals surface area contributed by atoms with Crippen molar-refractivity contribution in [1.82, 2.24) is 25.5 Å². The van der Waals surface area contributed by atoms with Gasteiger partial charge >= 0.3 is 6.01 Å².